The summed E-state index contributed by atoms with van der Waals surface area (Å²) in [4.78, 5) is 7.69. The highest BCUT2D eigenvalue weighted by Gasteiger charge is 2.10. The molecule has 11 heavy (non-hydrogen) atoms. The Kier molecular flexibility index (Phi) is 1.54. The van der Waals surface area contributed by atoms with E-state index in [2.05, 4.69) is 15.3 Å². The lowest BCUT2D eigenvalue weighted by molar-refractivity contribution is 0.309. The molecule has 2 rings (SSSR count). The second-order valence-corrected chi connectivity index (χ2v) is 2.47. The molecule has 0 spiro atoms. The Hall–Kier alpha value is -1.03. The Labute approximate surface area is 68.6 Å². The maximum absolute atomic E-state index is 5.55. The molecule has 0 bridgehead atoms. The van der Waals surface area contributed by atoms with Crippen LogP contribution in [-0.2, 0) is 0 Å². The summed E-state index contributed by atoms with van der Waals surface area (Å²) in [5.41, 5.74) is 0.806. The SMILES string of the molecule is Clc1ncc2c(n1)OCCN2. The van der Waals surface area contributed by atoms with E-state index in [1.165, 1.54) is 0 Å². The van der Waals surface area contributed by atoms with Gasteiger partial charge in [-0.3, -0.25) is 0 Å². The van der Waals surface area contributed by atoms with E-state index in [1.807, 2.05) is 0 Å². The zero-order valence-electron chi connectivity index (χ0n) is 5.67. The number of hydrogen-bond acceptors (Lipinski definition) is 4. The molecule has 0 aromatic carbocycles. The first-order valence-electron chi connectivity index (χ1n) is 3.25. The van der Waals surface area contributed by atoms with Crippen molar-refractivity contribution < 1.29 is 4.74 Å². The summed E-state index contributed by atoms with van der Waals surface area (Å²) in [6.45, 7) is 1.42. The van der Waals surface area contributed by atoms with Crippen LogP contribution in [-0.4, -0.2) is 23.1 Å². The van der Waals surface area contributed by atoms with E-state index in [-0.39, 0.29) is 5.28 Å². The van der Waals surface area contributed by atoms with Crippen LogP contribution in [0.25, 0.3) is 0 Å². The summed E-state index contributed by atoms with van der Waals surface area (Å²) in [5.74, 6) is 0.538. The fourth-order valence-electron chi connectivity index (χ4n) is 0.911. The van der Waals surface area contributed by atoms with Gasteiger partial charge >= 0.3 is 0 Å². The quantitative estimate of drug-likeness (QED) is 0.590. The monoisotopic (exact) mass is 171 g/mol. The van der Waals surface area contributed by atoms with Crippen LogP contribution in [0.3, 0.4) is 0 Å². The van der Waals surface area contributed by atoms with Gasteiger partial charge in [-0.15, -0.1) is 0 Å². The van der Waals surface area contributed by atoms with Gasteiger partial charge in [0.15, 0.2) is 0 Å². The minimum atomic E-state index is 0.215. The first-order valence-corrected chi connectivity index (χ1v) is 3.63. The van der Waals surface area contributed by atoms with Crippen molar-refractivity contribution in [2.45, 2.75) is 0 Å². The molecule has 0 fully saturated rings. The first-order chi connectivity index (χ1) is 5.36. The summed E-state index contributed by atoms with van der Waals surface area (Å²) in [5, 5.41) is 3.30. The highest BCUT2D eigenvalue weighted by atomic mass is 35.5. The molecule has 2 heterocycles. The van der Waals surface area contributed by atoms with E-state index >= 15 is 0 Å². The third-order valence-electron chi connectivity index (χ3n) is 1.38. The lowest BCUT2D eigenvalue weighted by Crippen LogP contribution is -2.19. The number of nitrogens with zero attached hydrogens (tertiary/aromatic N) is 2. The van der Waals surface area contributed by atoms with E-state index < -0.39 is 0 Å². The summed E-state index contributed by atoms with van der Waals surface area (Å²) in [6, 6.07) is 0. The molecule has 0 saturated heterocycles. The van der Waals surface area contributed by atoms with Crippen molar-refractivity contribution in [1.29, 1.82) is 0 Å². The molecule has 1 aromatic heterocycles. The van der Waals surface area contributed by atoms with Gasteiger partial charge in [-0.05, 0) is 11.6 Å². The van der Waals surface area contributed by atoms with Crippen molar-refractivity contribution in [2.75, 3.05) is 18.5 Å². The van der Waals surface area contributed by atoms with Crippen molar-refractivity contribution >= 4 is 17.3 Å². The fraction of sp³-hybridized carbons (Fsp3) is 0.333. The molecule has 5 heteroatoms. The van der Waals surface area contributed by atoms with E-state index in [4.69, 9.17) is 16.3 Å². The van der Waals surface area contributed by atoms with Gasteiger partial charge in [0.2, 0.25) is 11.2 Å². The molecule has 0 atom stereocenters. The minimum absolute atomic E-state index is 0.215. The molecular formula is C6H6ClN3O. The predicted octanol–water partition coefficient (Wildman–Crippen LogP) is 0.934. The van der Waals surface area contributed by atoms with E-state index in [0.717, 1.165) is 12.2 Å². The molecule has 1 aromatic rings. The van der Waals surface area contributed by atoms with Gasteiger partial charge in [-0.2, -0.15) is 4.98 Å². The normalized spacial score (nSPS) is 14.6. The maximum atomic E-state index is 5.55. The Morgan fingerprint density at radius 1 is 1.64 bits per heavy atom. The van der Waals surface area contributed by atoms with Crippen LogP contribution in [0.2, 0.25) is 5.28 Å². The van der Waals surface area contributed by atoms with Gasteiger partial charge in [0.1, 0.15) is 12.3 Å². The average Bonchev–Trinajstić information content (AvgIpc) is 2.04. The fourth-order valence-corrected chi connectivity index (χ4v) is 1.04. The number of halogens is 1. The van der Waals surface area contributed by atoms with E-state index in [0.29, 0.717) is 12.5 Å². The number of nitrogens with one attached hydrogen (secondary N) is 1. The number of rotatable bonds is 0. The molecular weight excluding hydrogens is 166 g/mol. The summed E-state index contributed by atoms with van der Waals surface area (Å²) in [7, 11) is 0. The summed E-state index contributed by atoms with van der Waals surface area (Å²) < 4.78 is 5.21. The van der Waals surface area contributed by atoms with Crippen molar-refractivity contribution in [3.8, 4) is 5.88 Å². The van der Waals surface area contributed by atoms with E-state index in [1.54, 1.807) is 6.20 Å². The van der Waals surface area contributed by atoms with Crippen molar-refractivity contribution in [3.63, 3.8) is 0 Å². The minimum Gasteiger partial charge on any atom is -0.474 e. The average molecular weight is 172 g/mol. The lowest BCUT2D eigenvalue weighted by atomic mass is 10.4. The zero-order valence-corrected chi connectivity index (χ0v) is 6.43. The largest absolute Gasteiger partial charge is 0.474 e. The van der Waals surface area contributed by atoms with Gasteiger partial charge in [0, 0.05) is 6.54 Å². The molecule has 0 amide bonds. The second-order valence-electron chi connectivity index (χ2n) is 2.13. The van der Waals surface area contributed by atoms with Crippen molar-refractivity contribution in [2.24, 2.45) is 0 Å². The van der Waals surface area contributed by atoms with Gasteiger partial charge in [0.05, 0.1) is 6.20 Å². The van der Waals surface area contributed by atoms with Crippen LogP contribution < -0.4 is 10.1 Å². The van der Waals surface area contributed by atoms with Crippen LogP contribution in [0, 0.1) is 0 Å². The predicted molar refractivity (Wildman–Crippen MR) is 41.0 cm³/mol. The van der Waals surface area contributed by atoms with Gasteiger partial charge in [-0.25, -0.2) is 4.98 Å². The molecule has 0 saturated carbocycles. The number of fused-ring (bicyclic) bond motifs is 1. The van der Waals surface area contributed by atoms with Crippen LogP contribution in [0.5, 0.6) is 5.88 Å². The van der Waals surface area contributed by atoms with Crippen LogP contribution >= 0.6 is 11.6 Å². The number of ether oxygens (including phenoxy) is 1. The first kappa shape index (κ1) is 6.67. The molecule has 0 radical (unpaired) electrons. The zero-order chi connectivity index (χ0) is 7.68. The van der Waals surface area contributed by atoms with Crippen molar-refractivity contribution in [3.05, 3.63) is 11.5 Å². The second kappa shape index (κ2) is 2.54. The van der Waals surface area contributed by atoms with Gasteiger partial charge < -0.3 is 10.1 Å². The Morgan fingerprint density at radius 3 is 3.45 bits per heavy atom. The highest BCUT2D eigenvalue weighted by molar-refractivity contribution is 6.28. The topological polar surface area (TPSA) is 47.0 Å². The van der Waals surface area contributed by atoms with Crippen LogP contribution in [0.15, 0.2) is 6.20 Å². The maximum Gasteiger partial charge on any atom is 0.241 e. The molecule has 0 unspecified atom stereocenters. The third-order valence-corrected chi connectivity index (χ3v) is 1.56. The number of hydrogen-bond donors (Lipinski definition) is 1. The van der Waals surface area contributed by atoms with Crippen molar-refractivity contribution in [1.82, 2.24) is 9.97 Å². The molecule has 0 aliphatic carbocycles. The highest BCUT2D eigenvalue weighted by Crippen LogP contribution is 2.23. The Morgan fingerprint density at radius 2 is 2.55 bits per heavy atom. The van der Waals surface area contributed by atoms with Crippen LogP contribution in [0.4, 0.5) is 5.69 Å². The molecule has 1 aliphatic rings. The molecule has 1 N–H and O–H groups in total. The molecule has 4 nitrogen and oxygen atoms in total. The van der Waals surface area contributed by atoms with Gasteiger partial charge in [-0.1, -0.05) is 0 Å². The Bertz CT molecular complexity index is 279. The van der Waals surface area contributed by atoms with Crippen LogP contribution in [0.1, 0.15) is 0 Å². The smallest absolute Gasteiger partial charge is 0.241 e. The molecule has 1 aliphatic heterocycles. The third kappa shape index (κ3) is 1.21. The standard InChI is InChI=1S/C6H6ClN3O/c7-6-9-3-4-5(10-6)11-2-1-8-4/h3,8H,1-2H2. The number of aromatic nitrogens is 2. The number of anilines is 1. The summed E-state index contributed by atoms with van der Waals surface area (Å²) >= 11 is 5.55. The Balaban J connectivity index is 2.43. The van der Waals surface area contributed by atoms with E-state index in [9.17, 15) is 0 Å². The lowest BCUT2D eigenvalue weighted by Gasteiger charge is -2.16. The summed E-state index contributed by atoms with van der Waals surface area (Å²) in [6.07, 6.45) is 1.61. The van der Waals surface area contributed by atoms with Gasteiger partial charge in [0.25, 0.3) is 0 Å². The molecule has 58 valence electrons.